The summed E-state index contributed by atoms with van der Waals surface area (Å²) in [6.07, 6.45) is -3.91. The molecule has 0 radical (unpaired) electrons. The van der Waals surface area contributed by atoms with Crippen LogP contribution < -0.4 is 5.32 Å². The summed E-state index contributed by atoms with van der Waals surface area (Å²) < 4.78 is 43.3. The van der Waals surface area contributed by atoms with Gasteiger partial charge in [0.1, 0.15) is 6.61 Å². The molecule has 0 fully saturated rings. The first-order chi connectivity index (χ1) is 14.7. The molecule has 3 rings (SSSR count). The second-order valence-corrected chi connectivity index (χ2v) is 7.60. The number of nitrogens with zero attached hydrogens (tertiary/aromatic N) is 2. The lowest BCUT2D eigenvalue weighted by Crippen LogP contribution is -2.11. The number of aromatic nitrogens is 2. The number of nitrogens with one attached hydrogen (secondary N) is 1. The zero-order valence-corrected chi connectivity index (χ0v) is 17.2. The predicted octanol–water partition coefficient (Wildman–Crippen LogP) is 4.66. The van der Waals surface area contributed by atoms with Gasteiger partial charge in [0.05, 0.1) is 12.0 Å². The SMILES string of the molecule is CCc1ccc(NC(=O)c2nnc(COC(=O)Cc3cccc(C(F)(F)F)c3)s2)cc1. The van der Waals surface area contributed by atoms with E-state index in [9.17, 15) is 22.8 Å². The minimum atomic E-state index is -4.48. The van der Waals surface area contributed by atoms with Gasteiger partial charge in [-0.2, -0.15) is 13.2 Å². The summed E-state index contributed by atoms with van der Waals surface area (Å²) >= 11 is 0.962. The summed E-state index contributed by atoms with van der Waals surface area (Å²) in [5.74, 6) is -1.15. The van der Waals surface area contributed by atoms with Crippen molar-refractivity contribution in [3.05, 3.63) is 75.2 Å². The lowest BCUT2D eigenvalue weighted by Gasteiger charge is -2.08. The third kappa shape index (κ3) is 6.35. The normalized spacial score (nSPS) is 11.2. The minimum absolute atomic E-state index is 0.100. The number of hydrogen-bond donors (Lipinski definition) is 1. The van der Waals surface area contributed by atoms with Crippen molar-refractivity contribution in [3.8, 4) is 0 Å². The Hall–Kier alpha value is -3.27. The first-order valence-electron chi connectivity index (χ1n) is 9.29. The van der Waals surface area contributed by atoms with Crippen LogP contribution in [-0.4, -0.2) is 22.1 Å². The Bertz CT molecular complexity index is 1070. The van der Waals surface area contributed by atoms with Crippen molar-refractivity contribution in [2.24, 2.45) is 0 Å². The van der Waals surface area contributed by atoms with Crippen molar-refractivity contribution in [2.45, 2.75) is 32.5 Å². The minimum Gasteiger partial charge on any atom is -0.458 e. The first-order valence-corrected chi connectivity index (χ1v) is 10.1. The highest BCUT2D eigenvalue weighted by molar-refractivity contribution is 7.13. The first kappa shape index (κ1) is 22.4. The number of alkyl halides is 3. The molecule has 0 atom stereocenters. The van der Waals surface area contributed by atoms with Crippen molar-refractivity contribution in [2.75, 3.05) is 5.32 Å². The molecule has 1 amide bonds. The molecule has 0 aliphatic heterocycles. The molecule has 3 aromatic rings. The van der Waals surface area contributed by atoms with Crippen molar-refractivity contribution in [1.29, 1.82) is 0 Å². The predicted molar refractivity (Wildman–Crippen MR) is 109 cm³/mol. The van der Waals surface area contributed by atoms with Gasteiger partial charge in [0.15, 0.2) is 5.01 Å². The van der Waals surface area contributed by atoms with Gasteiger partial charge in [-0.1, -0.05) is 48.6 Å². The molecule has 2 aromatic carbocycles. The van der Waals surface area contributed by atoms with Gasteiger partial charge in [-0.05, 0) is 35.7 Å². The van der Waals surface area contributed by atoms with Gasteiger partial charge in [-0.25, -0.2) is 0 Å². The summed E-state index contributed by atoms with van der Waals surface area (Å²) in [6.45, 7) is 1.80. The summed E-state index contributed by atoms with van der Waals surface area (Å²) in [4.78, 5) is 24.2. The number of ether oxygens (including phenoxy) is 1. The molecule has 0 bridgehead atoms. The average molecular weight is 449 g/mol. The molecule has 0 aliphatic carbocycles. The van der Waals surface area contributed by atoms with Gasteiger partial charge in [0.2, 0.25) is 5.01 Å². The second-order valence-electron chi connectivity index (χ2n) is 6.54. The monoisotopic (exact) mass is 449 g/mol. The number of aryl methyl sites for hydroxylation is 1. The van der Waals surface area contributed by atoms with E-state index in [4.69, 9.17) is 4.74 Å². The van der Waals surface area contributed by atoms with Crippen molar-refractivity contribution in [1.82, 2.24) is 10.2 Å². The van der Waals surface area contributed by atoms with Crippen molar-refractivity contribution >= 4 is 28.9 Å². The van der Waals surface area contributed by atoms with Gasteiger partial charge in [-0.15, -0.1) is 10.2 Å². The van der Waals surface area contributed by atoms with E-state index in [0.29, 0.717) is 10.7 Å². The third-order valence-electron chi connectivity index (χ3n) is 4.24. The largest absolute Gasteiger partial charge is 0.458 e. The Morgan fingerprint density at radius 1 is 1.06 bits per heavy atom. The Balaban J connectivity index is 1.52. The zero-order chi connectivity index (χ0) is 22.4. The number of amides is 1. The molecule has 0 saturated heterocycles. The number of esters is 1. The molecule has 1 aromatic heterocycles. The number of carbonyl (C=O) groups excluding carboxylic acids is 2. The second kappa shape index (κ2) is 9.69. The van der Waals surface area contributed by atoms with Crippen molar-refractivity contribution < 1.29 is 27.5 Å². The quantitative estimate of drug-likeness (QED) is 0.531. The van der Waals surface area contributed by atoms with E-state index in [2.05, 4.69) is 15.5 Å². The number of anilines is 1. The van der Waals surface area contributed by atoms with Crippen LogP contribution in [0.15, 0.2) is 48.5 Å². The van der Waals surface area contributed by atoms with Crippen molar-refractivity contribution in [3.63, 3.8) is 0 Å². The van der Waals surface area contributed by atoms with E-state index in [0.717, 1.165) is 35.5 Å². The summed E-state index contributed by atoms with van der Waals surface area (Å²) in [6, 6.07) is 11.9. The van der Waals surface area contributed by atoms with E-state index in [-0.39, 0.29) is 23.6 Å². The summed E-state index contributed by atoms with van der Waals surface area (Å²) in [7, 11) is 0. The topological polar surface area (TPSA) is 81.2 Å². The fraction of sp³-hybridized carbons (Fsp3) is 0.238. The molecule has 162 valence electrons. The van der Waals surface area contributed by atoms with E-state index < -0.39 is 23.6 Å². The number of benzene rings is 2. The number of halogens is 3. The van der Waals surface area contributed by atoms with E-state index >= 15 is 0 Å². The van der Waals surface area contributed by atoms with E-state index in [1.165, 1.54) is 12.1 Å². The molecule has 0 unspecified atom stereocenters. The van der Waals surface area contributed by atoms with Crippen LogP contribution >= 0.6 is 11.3 Å². The number of rotatable bonds is 7. The van der Waals surface area contributed by atoms with Crippen LogP contribution in [0, 0.1) is 0 Å². The fourth-order valence-electron chi connectivity index (χ4n) is 2.63. The van der Waals surface area contributed by atoms with Crippen LogP contribution in [0.3, 0.4) is 0 Å². The molecular weight excluding hydrogens is 431 g/mol. The van der Waals surface area contributed by atoms with Gasteiger partial charge >= 0.3 is 12.1 Å². The van der Waals surface area contributed by atoms with Gasteiger partial charge < -0.3 is 10.1 Å². The summed E-state index contributed by atoms with van der Waals surface area (Å²) in [5, 5.41) is 10.7. The maximum Gasteiger partial charge on any atom is 0.416 e. The van der Waals surface area contributed by atoms with Gasteiger partial charge in [-0.3, -0.25) is 9.59 Å². The van der Waals surface area contributed by atoms with Crippen LogP contribution in [0.4, 0.5) is 18.9 Å². The highest BCUT2D eigenvalue weighted by Crippen LogP contribution is 2.29. The summed E-state index contributed by atoms with van der Waals surface area (Å²) in [5.41, 5.74) is 1.11. The van der Waals surface area contributed by atoms with Crippen LogP contribution in [0.1, 0.15) is 38.4 Å². The average Bonchev–Trinajstić information content (AvgIpc) is 3.22. The Morgan fingerprint density at radius 2 is 1.81 bits per heavy atom. The molecule has 10 heteroatoms. The van der Waals surface area contributed by atoms with E-state index in [1.807, 2.05) is 19.1 Å². The highest BCUT2D eigenvalue weighted by atomic mass is 32.1. The Kier molecular flexibility index (Phi) is 7.01. The lowest BCUT2D eigenvalue weighted by atomic mass is 10.1. The Morgan fingerprint density at radius 3 is 2.48 bits per heavy atom. The van der Waals surface area contributed by atoms with E-state index in [1.54, 1.807) is 12.1 Å². The number of carbonyl (C=O) groups is 2. The van der Waals surface area contributed by atoms with Crippen LogP contribution in [0.25, 0.3) is 0 Å². The van der Waals surface area contributed by atoms with Crippen LogP contribution in [0.5, 0.6) is 0 Å². The zero-order valence-electron chi connectivity index (χ0n) is 16.4. The molecule has 0 spiro atoms. The fourth-order valence-corrected chi connectivity index (χ4v) is 3.28. The smallest absolute Gasteiger partial charge is 0.416 e. The third-order valence-corrected chi connectivity index (χ3v) is 5.14. The molecule has 1 heterocycles. The molecule has 1 N–H and O–H groups in total. The van der Waals surface area contributed by atoms with Crippen LogP contribution in [0.2, 0.25) is 0 Å². The van der Waals surface area contributed by atoms with Gasteiger partial charge in [0, 0.05) is 5.69 Å². The molecule has 6 nitrogen and oxygen atoms in total. The molecule has 0 aliphatic rings. The maximum absolute atomic E-state index is 12.8. The number of hydrogen-bond acceptors (Lipinski definition) is 6. The molecule has 31 heavy (non-hydrogen) atoms. The standard InChI is InChI=1S/C21H18F3N3O3S/c1-2-13-6-8-16(9-7-13)25-19(29)20-27-26-17(31-20)12-30-18(28)11-14-4-3-5-15(10-14)21(22,23)24/h3-10H,2,11-12H2,1H3,(H,25,29). The molecular formula is C21H18F3N3O3S. The van der Waals surface area contributed by atoms with Gasteiger partial charge in [0.25, 0.3) is 5.91 Å². The highest BCUT2D eigenvalue weighted by Gasteiger charge is 2.30. The lowest BCUT2D eigenvalue weighted by molar-refractivity contribution is -0.144. The van der Waals surface area contributed by atoms with Crippen LogP contribution in [-0.2, 0) is 35.2 Å². The molecule has 0 saturated carbocycles. The Labute approximate surface area is 180 Å². The maximum atomic E-state index is 12.8.